The molecule has 1 aliphatic heterocycles. The molecule has 2 aromatic carbocycles. The molecule has 1 N–H and O–H groups in total. The molecule has 0 atom stereocenters. The van der Waals surface area contributed by atoms with E-state index in [1.165, 1.54) is 6.07 Å². The van der Waals surface area contributed by atoms with Crippen molar-refractivity contribution in [2.75, 3.05) is 29.9 Å². The topological polar surface area (TPSA) is 84.7 Å². The molecule has 28 heavy (non-hydrogen) atoms. The molecule has 0 saturated heterocycles. The van der Waals surface area contributed by atoms with E-state index in [4.69, 9.17) is 4.74 Å². The fourth-order valence-electron chi connectivity index (χ4n) is 2.90. The van der Waals surface area contributed by atoms with Crippen LogP contribution in [0.1, 0.15) is 12.0 Å². The van der Waals surface area contributed by atoms with Crippen LogP contribution < -0.4 is 15.0 Å². The zero-order valence-corrected chi connectivity index (χ0v) is 14.5. The number of fused-ring (bicyclic) bond motifs is 1. The Morgan fingerprint density at radius 1 is 1.21 bits per heavy atom. The SMILES string of the molecule is O=C1COc2ccccc2N1CCCNc1ccc([N+](=O)[O-])c(C(F)(F)F)c1. The molecule has 1 aliphatic rings. The van der Waals surface area contributed by atoms with Gasteiger partial charge >= 0.3 is 6.18 Å². The summed E-state index contributed by atoms with van der Waals surface area (Å²) in [6.07, 6.45) is -4.37. The molecule has 0 radical (unpaired) electrons. The minimum Gasteiger partial charge on any atom is -0.482 e. The molecule has 0 aliphatic carbocycles. The van der Waals surface area contributed by atoms with Crippen molar-refractivity contribution in [1.29, 1.82) is 0 Å². The molecule has 7 nitrogen and oxygen atoms in total. The van der Waals surface area contributed by atoms with E-state index in [0.717, 1.165) is 6.07 Å². The number of rotatable bonds is 6. The highest BCUT2D eigenvalue weighted by atomic mass is 19.4. The van der Waals surface area contributed by atoms with E-state index < -0.39 is 22.4 Å². The van der Waals surface area contributed by atoms with Gasteiger partial charge in [-0.2, -0.15) is 13.2 Å². The highest BCUT2D eigenvalue weighted by Crippen LogP contribution is 2.37. The summed E-state index contributed by atoms with van der Waals surface area (Å²) in [4.78, 5) is 23.4. The molecule has 10 heteroatoms. The number of carbonyl (C=O) groups excluding carboxylic acids is 1. The lowest BCUT2D eigenvalue weighted by atomic mass is 10.1. The molecule has 1 heterocycles. The van der Waals surface area contributed by atoms with E-state index in [1.54, 1.807) is 29.2 Å². The predicted molar refractivity (Wildman–Crippen MR) is 95.5 cm³/mol. The largest absolute Gasteiger partial charge is 0.482 e. The minimum absolute atomic E-state index is 0.0677. The molecular formula is C18H16F3N3O4. The first-order chi connectivity index (χ1) is 13.3. The molecule has 1 amide bonds. The number of nitrogens with one attached hydrogen (secondary N) is 1. The number of para-hydroxylation sites is 2. The Bertz CT molecular complexity index is 902. The van der Waals surface area contributed by atoms with Gasteiger partial charge in [0.2, 0.25) is 0 Å². The van der Waals surface area contributed by atoms with E-state index in [1.807, 2.05) is 0 Å². The molecule has 0 fully saturated rings. The van der Waals surface area contributed by atoms with Crippen molar-refractivity contribution in [1.82, 2.24) is 0 Å². The third kappa shape index (κ3) is 4.16. The molecule has 0 unspecified atom stereocenters. The number of alkyl halides is 3. The summed E-state index contributed by atoms with van der Waals surface area (Å²) in [5.41, 5.74) is -1.53. The summed E-state index contributed by atoms with van der Waals surface area (Å²) in [6, 6.07) is 9.85. The van der Waals surface area contributed by atoms with Crippen molar-refractivity contribution in [3.8, 4) is 5.75 Å². The zero-order valence-electron chi connectivity index (χ0n) is 14.5. The van der Waals surface area contributed by atoms with Gasteiger partial charge < -0.3 is 15.0 Å². The highest BCUT2D eigenvalue weighted by molar-refractivity contribution is 5.97. The summed E-state index contributed by atoms with van der Waals surface area (Å²) in [5.74, 6) is 0.397. The molecular weight excluding hydrogens is 379 g/mol. The Balaban J connectivity index is 1.63. The van der Waals surface area contributed by atoms with E-state index in [0.29, 0.717) is 30.5 Å². The van der Waals surface area contributed by atoms with Crippen LogP contribution in [0.5, 0.6) is 5.75 Å². The lowest BCUT2D eigenvalue weighted by Gasteiger charge is -2.29. The number of halogens is 3. The van der Waals surface area contributed by atoms with Gasteiger partial charge in [0.05, 0.1) is 10.6 Å². The molecule has 0 spiro atoms. The third-order valence-electron chi connectivity index (χ3n) is 4.19. The number of carbonyl (C=O) groups is 1. The fourth-order valence-corrected chi connectivity index (χ4v) is 2.90. The fraction of sp³-hybridized carbons (Fsp3) is 0.278. The first-order valence-corrected chi connectivity index (χ1v) is 8.39. The standard InChI is InChI=1S/C18H16F3N3O4/c19-18(20,21)13-10-12(6-7-14(13)24(26)27)22-8-3-9-23-15-4-1-2-5-16(15)28-11-17(23)25/h1-2,4-7,10,22H,3,8-9,11H2. The van der Waals surface area contributed by atoms with Crippen molar-refractivity contribution in [2.45, 2.75) is 12.6 Å². The second kappa shape index (κ2) is 7.75. The van der Waals surface area contributed by atoms with Gasteiger partial charge in [-0.15, -0.1) is 0 Å². The summed E-state index contributed by atoms with van der Waals surface area (Å²) >= 11 is 0. The van der Waals surface area contributed by atoms with Gasteiger partial charge in [-0.3, -0.25) is 14.9 Å². The van der Waals surface area contributed by atoms with E-state index >= 15 is 0 Å². The average Bonchev–Trinajstić information content (AvgIpc) is 2.65. The summed E-state index contributed by atoms with van der Waals surface area (Å²) < 4.78 is 44.4. The van der Waals surface area contributed by atoms with Crippen LogP contribution in [0.2, 0.25) is 0 Å². The number of benzene rings is 2. The van der Waals surface area contributed by atoms with Crippen LogP contribution in [0.4, 0.5) is 30.2 Å². The number of amides is 1. The third-order valence-corrected chi connectivity index (χ3v) is 4.19. The van der Waals surface area contributed by atoms with E-state index in [-0.39, 0.29) is 24.7 Å². The van der Waals surface area contributed by atoms with Gasteiger partial charge in [0.25, 0.3) is 11.6 Å². The van der Waals surface area contributed by atoms with Gasteiger partial charge in [-0.25, -0.2) is 0 Å². The lowest BCUT2D eigenvalue weighted by molar-refractivity contribution is -0.388. The Labute approximate surface area is 157 Å². The molecule has 0 aromatic heterocycles. The van der Waals surface area contributed by atoms with Gasteiger partial charge in [-0.1, -0.05) is 12.1 Å². The Hall–Kier alpha value is -3.30. The number of anilines is 2. The Morgan fingerprint density at radius 2 is 1.96 bits per heavy atom. The van der Waals surface area contributed by atoms with E-state index in [2.05, 4.69) is 5.32 Å². The van der Waals surface area contributed by atoms with Gasteiger partial charge in [0.15, 0.2) is 6.61 Å². The Morgan fingerprint density at radius 3 is 2.68 bits per heavy atom. The smallest absolute Gasteiger partial charge is 0.423 e. The molecule has 3 rings (SSSR count). The molecule has 2 aromatic rings. The van der Waals surface area contributed by atoms with E-state index in [9.17, 15) is 28.1 Å². The maximum atomic E-state index is 13.0. The van der Waals surface area contributed by atoms with Crippen LogP contribution in [-0.2, 0) is 11.0 Å². The molecule has 0 saturated carbocycles. The summed E-state index contributed by atoms with van der Waals surface area (Å²) in [7, 11) is 0. The normalized spacial score (nSPS) is 13.7. The minimum atomic E-state index is -4.83. The van der Waals surface area contributed by atoms with Crippen molar-refractivity contribution in [2.24, 2.45) is 0 Å². The quantitative estimate of drug-likeness (QED) is 0.456. The highest BCUT2D eigenvalue weighted by Gasteiger charge is 2.38. The second-order valence-corrected chi connectivity index (χ2v) is 6.07. The second-order valence-electron chi connectivity index (χ2n) is 6.07. The van der Waals surface area contributed by atoms with Crippen molar-refractivity contribution in [3.63, 3.8) is 0 Å². The lowest BCUT2D eigenvalue weighted by Crippen LogP contribution is -2.39. The number of hydrogen-bond donors (Lipinski definition) is 1. The van der Waals surface area contributed by atoms with Gasteiger partial charge in [-0.05, 0) is 30.7 Å². The number of nitrogens with zero attached hydrogens (tertiary/aromatic N) is 2. The number of nitro groups is 1. The summed E-state index contributed by atoms with van der Waals surface area (Å²) in [6.45, 7) is 0.564. The maximum Gasteiger partial charge on any atom is 0.423 e. The summed E-state index contributed by atoms with van der Waals surface area (Å²) in [5, 5.41) is 13.6. The first kappa shape index (κ1) is 19.5. The number of hydrogen-bond acceptors (Lipinski definition) is 5. The molecule has 0 bridgehead atoms. The predicted octanol–water partition coefficient (Wildman–Crippen LogP) is 3.84. The van der Waals surface area contributed by atoms with Crippen LogP contribution >= 0.6 is 0 Å². The Kier molecular flexibility index (Phi) is 5.39. The van der Waals surface area contributed by atoms with Crippen LogP contribution in [0.3, 0.4) is 0 Å². The number of nitro benzene ring substituents is 1. The maximum absolute atomic E-state index is 13.0. The van der Waals surface area contributed by atoms with Crippen LogP contribution in [0.15, 0.2) is 42.5 Å². The number of ether oxygens (including phenoxy) is 1. The average molecular weight is 395 g/mol. The van der Waals surface area contributed by atoms with Gasteiger partial charge in [0.1, 0.15) is 11.3 Å². The van der Waals surface area contributed by atoms with Crippen LogP contribution in [0, 0.1) is 10.1 Å². The van der Waals surface area contributed by atoms with Crippen molar-refractivity contribution >= 4 is 23.0 Å². The van der Waals surface area contributed by atoms with Crippen LogP contribution in [-0.4, -0.2) is 30.5 Å². The first-order valence-electron chi connectivity index (χ1n) is 8.39. The van der Waals surface area contributed by atoms with Crippen LogP contribution in [0.25, 0.3) is 0 Å². The van der Waals surface area contributed by atoms with Crippen molar-refractivity contribution in [3.05, 3.63) is 58.1 Å². The zero-order chi connectivity index (χ0) is 20.3. The monoisotopic (exact) mass is 395 g/mol. The van der Waals surface area contributed by atoms with Crippen molar-refractivity contribution < 1.29 is 27.6 Å². The molecule has 148 valence electrons. The van der Waals surface area contributed by atoms with Gasteiger partial charge in [0, 0.05) is 24.8 Å².